The highest BCUT2D eigenvalue weighted by Gasteiger charge is 2.41. The maximum Gasteiger partial charge on any atom is 0.224 e. The van der Waals surface area contributed by atoms with Crippen molar-refractivity contribution in [2.24, 2.45) is 17.3 Å². The van der Waals surface area contributed by atoms with E-state index in [0.29, 0.717) is 6.42 Å². The Morgan fingerprint density at radius 3 is 2.22 bits per heavy atom. The lowest BCUT2D eigenvalue weighted by molar-refractivity contribution is -0.125. The highest BCUT2D eigenvalue weighted by Crippen LogP contribution is 2.47. The van der Waals surface area contributed by atoms with E-state index in [9.17, 15) is 13.2 Å². The Balaban J connectivity index is 1.61. The van der Waals surface area contributed by atoms with Gasteiger partial charge in [-0.15, -0.1) is 0 Å². The topological polar surface area (TPSA) is 63.2 Å². The predicted octanol–water partition coefficient (Wildman–Crippen LogP) is 3.07. The van der Waals surface area contributed by atoms with Crippen molar-refractivity contribution in [3.05, 3.63) is 0 Å². The minimum Gasteiger partial charge on any atom is -0.355 e. The molecule has 3 fully saturated rings. The van der Waals surface area contributed by atoms with Crippen molar-refractivity contribution in [2.75, 3.05) is 18.1 Å². The Morgan fingerprint density at radius 2 is 1.61 bits per heavy atom. The van der Waals surface area contributed by atoms with Gasteiger partial charge in [-0.25, -0.2) is 8.42 Å². The van der Waals surface area contributed by atoms with Gasteiger partial charge in [-0.1, -0.05) is 38.5 Å². The van der Waals surface area contributed by atoms with E-state index < -0.39 is 9.84 Å². The summed E-state index contributed by atoms with van der Waals surface area (Å²) in [5.74, 6) is 0.650. The largest absolute Gasteiger partial charge is 0.355 e. The number of hydrogen-bond acceptors (Lipinski definition) is 3. The molecule has 4 nitrogen and oxygen atoms in total. The third-order valence-electron chi connectivity index (χ3n) is 6.54. The van der Waals surface area contributed by atoms with Crippen LogP contribution in [-0.2, 0) is 14.6 Å². The molecule has 2 aliphatic carbocycles. The van der Waals surface area contributed by atoms with Crippen molar-refractivity contribution in [3.63, 3.8) is 0 Å². The lowest BCUT2D eigenvalue weighted by Gasteiger charge is -2.45. The van der Waals surface area contributed by atoms with Crippen molar-refractivity contribution in [3.8, 4) is 0 Å². The van der Waals surface area contributed by atoms with Crippen LogP contribution in [-0.4, -0.2) is 32.4 Å². The standard InChI is InChI=1S/C18H31NO3S/c20-17(15-9-12-23(21,22)13-15)19-14-18(10-5-2-6-11-18)16-7-3-1-4-8-16/h15-16H,1-14H2,(H,19,20)/t15-/m0/s1. The number of nitrogens with one attached hydrogen (secondary N) is 1. The molecule has 5 heteroatoms. The average molecular weight is 342 g/mol. The summed E-state index contributed by atoms with van der Waals surface area (Å²) >= 11 is 0. The molecule has 1 aliphatic heterocycles. The number of carbonyl (C=O) groups is 1. The zero-order valence-electron chi connectivity index (χ0n) is 14.2. The van der Waals surface area contributed by atoms with Crippen LogP contribution in [0.5, 0.6) is 0 Å². The fourth-order valence-corrected chi connectivity index (χ4v) is 6.85. The summed E-state index contributed by atoms with van der Waals surface area (Å²) in [7, 11) is -2.98. The molecule has 1 atom stereocenters. The van der Waals surface area contributed by atoms with Crippen molar-refractivity contribution in [1.82, 2.24) is 5.32 Å². The first-order valence-corrected chi connectivity index (χ1v) is 11.3. The molecule has 1 heterocycles. The van der Waals surface area contributed by atoms with Crippen molar-refractivity contribution >= 4 is 15.7 Å². The lowest BCUT2D eigenvalue weighted by Crippen LogP contribution is -2.46. The van der Waals surface area contributed by atoms with Crippen LogP contribution in [0.1, 0.15) is 70.6 Å². The number of hydrogen-bond donors (Lipinski definition) is 1. The number of amides is 1. The van der Waals surface area contributed by atoms with Crippen LogP contribution in [0.25, 0.3) is 0 Å². The molecule has 0 radical (unpaired) electrons. The summed E-state index contributed by atoms with van der Waals surface area (Å²) in [6, 6.07) is 0. The van der Waals surface area contributed by atoms with Gasteiger partial charge in [0.1, 0.15) is 0 Å². The highest BCUT2D eigenvalue weighted by molar-refractivity contribution is 7.91. The van der Waals surface area contributed by atoms with Crippen molar-refractivity contribution in [1.29, 1.82) is 0 Å². The molecular weight excluding hydrogens is 310 g/mol. The van der Waals surface area contributed by atoms with Gasteiger partial charge < -0.3 is 5.32 Å². The van der Waals surface area contributed by atoms with Gasteiger partial charge in [0.15, 0.2) is 9.84 Å². The number of sulfone groups is 1. The Bertz CT molecular complexity index is 516. The third-order valence-corrected chi connectivity index (χ3v) is 8.31. The molecule has 0 spiro atoms. The van der Waals surface area contributed by atoms with Crippen LogP contribution in [0.2, 0.25) is 0 Å². The Morgan fingerprint density at radius 1 is 0.957 bits per heavy atom. The zero-order chi connectivity index (χ0) is 16.3. The Labute approximate surface area is 140 Å². The van der Waals surface area contributed by atoms with E-state index in [4.69, 9.17) is 0 Å². The van der Waals surface area contributed by atoms with Crippen LogP contribution < -0.4 is 5.32 Å². The second-order valence-corrected chi connectivity index (χ2v) is 10.3. The van der Waals surface area contributed by atoms with Gasteiger partial charge in [-0.05, 0) is 43.4 Å². The fourth-order valence-electron chi connectivity index (χ4n) is 5.11. The first-order chi connectivity index (χ1) is 11.0. The molecule has 0 unspecified atom stereocenters. The van der Waals surface area contributed by atoms with Crippen LogP contribution in [0.3, 0.4) is 0 Å². The second-order valence-electron chi connectivity index (χ2n) is 8.08. The molecule has 0 bridgehead atoms. The molecule has 3 aliphatic rings. The Hall–Kier alpha value is -0.580. The molecule has 132 valence electrons. The summed E-state index contributed by atoms with van der Waals surface area (Å²) < 4.78 is 23.2. The summed E-state index contributed by atoms with van der Waals surface area (Å²) in [6.07, 6.45) is 13.5. The first kappa shape index (κ1) is 17.2. The number of rotatable bonds is 4. The van der Waals surface area contributed by atoms with Gasteiger partial charge in [0.05, 0.1) is 17.4 Å². The molecule has 0 aromatic carbocycles. The SMILES string of the molecule is O=C(NCC1(C2CCCCC2)CCCCC1)[C@H]1CCS(=O)(=O)C1. The third kappa shape index (κ3) is 4.09. The van der Waals surface area contributed by atoms with Crippen LogP contribution in [0.15, 0.2) is 0 Å². The maximum absolute atomic E-state index is 12.4. The van der Waals surface area contributed by atoms with Gasteiger partial charge in [-0.3, -0.25) is 4.79 Å². The highest BCUT2D eigenvalue weighted by atomic mass is 32.2. The van der Waals surface area contributed by atoms with Crippen molar-refractivity contribution < 1.29 is 13.2 Å². The zero-order valence-corrected chi connectivity index (χ0v) is 15.0. The van der Waals surface area contributed by atoms with Gasteiger partial charge in [0, 0.05) is 6.54 Å². The number of carbonyl (C=O) groups excluding carboxylic acids is 1. The van der Waals surface area contributed by atoms with E-state index >= 15 is 0 Å². The maximum atomic E-state index is 12.4. The van der Waals surface area contributed by atoms with E-state index in [-0.39, 0.29) is 28.7 Å². The summed E-state index contributed by atoms with van der Waals surface area (Å²) in [5.41, 5.74) is 0.284. The van der Waals surface area contributed by atoms with Gasteiger partial charge in [0.2, 0.25) is 5.91 Å². The summed E-state index contributed by atoms with van der Waals surface area (Å²) in [4.78, 5) is 12.4. The Kier molecular flexibility index (Phi) is 5.34. The lowest BCUT2D eigenvalue weighted by atomic mass is 9.61. The molecule has 3 rings (SSSR count). The molecule has 1 saturated heterocycles. The minimum absolute atomic E-state index is 0.0215. The van der Waals surface area contributed by atoms with Gasteiger partial charge in [0.25, 0.3) is 0 Å². The van der Waals surface area contributed by atoms with E-state index in [2.05, 4.69) is 5.32 Å². The average Bonchev–Trinajstić information content (AvgIpc) is 2.94. The van der Waals surface area contributed by atoms with E-state index in [1.807, 2.05) is 0 Å². The van der Waals surface area contributed by atoms with Gasteiger partial charge >= 0.3 is 0 Å². The van der Waals surface area contributed by atoms with Crippen molar-refractivity contribution in [2.45, 2.75) is 70.6 Å². The van der Waals surface area contributed by atoms with E-state index in [0.717, 1.165) is 12.5 Å². The molecule has 0 aromatic rings. The van der Waals surface area contributed by atoms with Crippen LogP contribution in [0.4, 0.5) is 0 Å². The second kappa shape index (κ2) is 7.12. The van der Waals surface area contributed by atoms with Crippen LogP contribution >= 0.6 is 0 Å². The molecular formula is C18H31NO3S. The van der Waals surface area contributed by atoms with Gasteiger partial charge in [-0.2, -0.15) is 0 Å². The monoisotopic (exact) mass is 341 g/mol. The first-order valence-electron chi connectivity index (χ1n) is 9.49. The predicted molar refractivity (Wildman–Crippen MR) is 91.9 cm³/mol. The molecule has 1 N–H and O–H groups in total. The smallest absolute Gasteiger partial charge is 0.224 e. The van der Waals surface area contributed by atoms with E-state index in [1.54, 1.807) is 0 Å². The fraction of sp³-hybridized carbons (Fsp3) is 0.944. The molecule has 1 amide bonds. The minimum atomic E-state index is -2.98. The van der Waals surface area contributed by atoms with Crippen LogP contribution in [0, 0.1) is 17.3 Å². The molecule has 23 heavy (non-hydrogen) atoms. The normalized spacial score (nSPS) is 30.9. The summed E-state index contributed by atoms with van der Waals surface area (Å²) in [5, 5.41) is 3.17. The summed E-state index contributed by atoms with van der Waals surface area (Å²) in [6.45, 7) is 0.771. The van der Waals surface area contributed by atoms with E-state index in [1.165, 1.54) is 64.2 Å². The molecule has 0 aromatic heterocycles. The molecule has 2 saturated carbocycles. The quantitative estimate of drug-likeness (QED) is 0.855.